The molecule has 37 heavy (non-hydrogen) atoms. The van der Waals surface area contributed by atoms with Crippen LogP contribution < -0.4 is 21.0 Å². The number of nitrogen functional groups attached to an aromatic ring is 1. The predicted octanol–water partition coefficient (Wildman–Crippen LogP) is 1.38. The molecule has 3 heterocycles. The highest BCUT2D eigenvalue weighted by Gasteiger charge is 2.69. The molecule has 4 rings (SSSR count). The number of carbonyl (C=O) groups excluding carboxylic acids is 1. The zero-order valence-corrected chi connectivity index (χ0v) is 21.8. The molecule has 2 aliphatic rings. The number of benzene rings is 1. The Morgan fingerprint density at radius 2 is 2.03 bits per heavy atom. The van der Waals surface area contributed by atoms with Gasteiger partial charge in [-0.25, -0.2) is 9.36 Å². The Morgan fingerprint density at radius 1 is 1.32 bits per heavy atom. The maximum Gasteiger partial charge on any atom is 0.459 e. The first-order valence-electron chi connectivity index (χ1n) is 11.7. The summed E-state index contributed by atoms with van der Waals surface area (Å²) in [5.74, 6) is -0.403. The molecule has 2 bridgehead atoms. The molecule has 4 N–H and O–H groups in total. The van der Waals surface area contributed by atoms with Crippen molar-refractivity contribution in [3.8, 4) is 5.75 Å². The molecule has 1 aromatic heterocycles. The fraction of sp³-hybridized carbons (Fsp3) is 0.522. The van der Waals surface area contributed by atoms with Gasteiger partial charge in [0.2, 0.25) is 0 Å². The number of hydrogen-bond donors (Lipinski definition) is 3. The quantitative estimate of drug-likeness (QED) is 0.293. The van der Waals surface area contributed by atoms with Crippen LogP contribution in [0.15, 0.2) is 47.4 Å². The van der Waals surface area contributed by atoms with Gasteiger partial charge in [-0.2, -0.15) is 10.1 Å². The molecule has 0 amide bonds. The summed E-state index contributed by atoms with van der Waals surface area (Å²) in [7, 11) is -4.24. The summed E-state index contributed by atoms with van der Waals surface area (Å²) in [4.78, 5) is 28.5. The summed E-state index contributed by atoms with van der Waals surface area (Å²) in [5.41, 5.74) is 2.06. The number of para-hydroxylation sites is 1. The molecule has 2 aromatic rings. The molecule has 0 aliphatic carbocycles. The number of fused-ring (bicyclic) bond motifs is 2. The largest absolute Gasteiger partial charge is 0.462 e. The minimum atomic E-state index is -4.24. The summed E-state index contributed by atoms with van der Waals surface area (Å²) >= 11 is 0. The zero-order valence-electron chi connectivity index (χ0n) is 20.9. The normalized spacial score (nSPS) is 29.1. The molecule has 0 radical (unpaired) electrons. The highest BCUT2D eigenvalue weighted by Crippen LogP contribution is 2.54. The van der Waals surface area contributed by atoms with Crippen LogP contribution in [0.3, 0.4) is 0 Å². The molecular weight excluding hydrogens is 507 g/mol. The van der Waals surface area contributed by atoms with Crippen LogP contribution in [-0.2, 0) is 28.1 Å². The topological polar surface area (TPSA) is 173 Å². The SMILES string of the molecule is CC(C)OC(=O)[C@H](C)NP(=O)(OC[C@]12CO[C@](C)([C@@H]1O)[C@H](n1ccc(N)nc1=O)O2)Oc1ccccc1. The zero-order chi connectivity index (χ0) is 27.0. The Balaban J connectivity index is 1.57. The van der Waals surface area contributed by atoms with Gasteiger partial charge in [0, 0.05) is 6.20 Å². The second kappa shape index (κ2) is 10.2. The van der Waals surface area contributed by atoms with Crippen molar-refractivity contribution in [3.63, 3.8) is 0 Å². The van der Waals surface area contributed by atoms with E-state index in [1.807, 2.05) is 0 Å². The first-order valence-corrected chi connectivity index (χ1v) is 13.2. The number of rotatable bonds is 10. The van der Waals surface area contributed by atoms with Gasteiger partial charge in [0.25, 0.3) is 0 Å². The second-order valence-electron chi connectivity index (χ2n) is 9.46. The van der Waals surface area contributed by atoms with Crippen molar-refractivity contribution in [3.05, 3.63) is 53.1 Å². The van der Waals surface area contributed by atoms with Gasteiger partial charge in [0.15, 0.2) is 6.23 Å². The number of anilines is 1. The third kappa shape index (κ3) is 5.42. The molecule has 0 saturated carbocycles. The number of esters is 1. The van der Waals surface area contributed by atoms with E-state index in [1.54, 1.807) is 51.1 Å². The molecular formula is C23H31N4O9P. The number of nitrogens with one attached hydrogen (secondary N) is 1. The number of aromatic nitrogens is 2. The number of ether oxygens (including phenoxy) is 3. The molecule has 6 atom stereocenters. The van der Waals surface area contributed by atoms with Gasteiger partial charge >= 0.3 is 19.4 Å². The number of nitrogens with two attached hydrogens (primary N) is 1. The van der Waals surface area contributed by atoms with Crippen LogP contribution in [0.2, 0.25) is 0 Å². The molecule has 202 valence electrons. The molecule has 1 aromatic carbocycles. The van der Waals surface area contributed by atoms with E-state index >= 15 is 0 Å². The van der Waals surface area contributed by atoms with Gasteiger partial charge in [0.1, 0.15) is 34.9 Å². The highest BCUT2D eigenvalue weighted by atomic mass is 31.2. The number of aliphatic hydroxyl groups excluding tert-OH is 1. The highest BCUT2D eigenvalue weighted by molar-refractivity contribution is 7.52. The van der Waals surface area contributed by atoms with Crippen LogP contribution in [0.5, 0.6) is 5.75 Å². The lowest BCUT2D eigenvalue weighted by Crippen LogP contribution is -2.46. The first-order chi connectivity index (χ1) is 17.4. The monoisotopic (exact) mass is 538 g/mol. The third-order valence-corrected chi connectivity index (χ3v) is 7.74. The van der Waals surface area contributed by atoms with E-state index in [4.69, 9.17) is 29.0 Å². The Labute approximate surface area is 213 Å². The fourth-order valence-electron chi connectivity index (χ4n) is 4.22. The van der Waals surface area contributed by atoms with Crippen LogP contribution >= 0.6 is 7.75 Å². The smallest absolute Gasteiger partial charge is 0.459 e. The number of nitrogens with zero attached hydrogens (tertiary/aromatic N) is 2. The summed E-state index contributed by atoms with van der Waals surface area (Å²) in [5, 5.41) is 13.7. The standard InChI is InChI=1S/C23H31N4O9P/c1-14(2)34-18(28)15(3)26-37(31,36-16-8-6-5-7-9-16)33-13-23-12-32-22(4,19(23)29)20(35-23)27-11-10-17(24)25-21(27)30/h5-11,14-15,19-20,29H,12-13H2,1-4H3,(H,26,31)(H2,24,25,30)/t15-,19-,20+,22+,23+,37?/m0/s1. The molecule has 1 unspecified atom stereocenters. The third-order valence-electron chi connectivity index (χ3n) is 6.11. The van der Waals surface area contributed by atoms with Crippen molar-refractivity contribution < 1.29 is 37.7 Å². The van der Waals surface area contributed by atoms with Crippen molar-refractivity contribution in [2.75, 3.05) is 18.9 Å². The van der Waals surface area contributed by atoms with Crippen molar-refractivity contribution in [1.82, 2.24) is 14.6 Å². The molecule has 14 heteroatoms. The van der Waals surface area contributed by atoms with Crippen LogP contribution in [0.4, 0.5) is 5.82 Å². The molecule has 13 nitrogen and oxygen atoms in total. The van der Waals surface area contributed by atoms with E-state index in [0.717, 1.165) is 4.57 Å². The Bertz CT molecular complexity index is 1240. The maximum absolute atomic E-state index is 13.8. The molecule has 2 fully saturated rings. The minimum absolute atomic E-state index is 0.0317. The first kappa shape index (κ1) is 27.2. The van der Waals surface area contributed by atoms with E-state index in [2.05, 4.69) is 10.1 Å². The lowest BCUT2D eigenvalue weighted by Gasteiger charge is -2.34. The average molecular weight is 538 g/mol. The lowest BCUT2D eigenvalue weighted by atomic mass is 9.92. The number of hydrogen-bond acceptors (Lipinski definition) is 11. The van der Waals surface area contributed by atoms with Gasteiger partial charge in [-0.15, -0.1) is 0 Å². The Morgan fingerprint density at radius 3 is 2.68 bits per heavy atom. The van der Waals surface area contributed by atoms with Gasteiger partial charge < -0.3 is 29.6 Å². The van der Waals surface area contributed by atoms with Crippen molar-refractivity contribution in [1.29, 1.82) is 0 Å². The predicted molar refractivity (Wildman–Crippen MR) is 131 cm³/mol. The molecule has 2 saturated heterocycles. The van der Waals surface area contributed by atoms with Crippen LogP contribution in [0, 0.1) is 0 Å². The summed E-state index contributed by atoms with van der Waals surface area (Å²) in [6.45, 7) is 5.85. The van der Waals surface area contributed by atoms with Crippen molar-refractivity contribution in [2.45, 2.75) is 63.4 Å². The molecule has 0 spiro atoms. The van der Waals surface area contributed by atoms with E-state index in [1.165, 1.54) is 19.2 Å². The van der Waals surface area contributed by atoms with Crippen LogP contribution in [0.1, 0.15) is 33.9 Å². The van der Waals surface area contributed by atoms with Crippen LogP contribution in [0.25, 0.3) is 0 Å². The second-order valence-corrected chi connectivity index (χ2v) is 11.2. The Hall–Kier alpha value is -2.80. The Kier molecular flexibility index (Phi) is 7.48. The van der Waals surface area contributed by atoms with E-state index in [9.17, 15) is 19.3 Å². The fourth-order valence-corrected chi connectivity index (χ4v) is 5.77. The van der Waals surface area contributed by atoms with E-state index in [0.29, 0.717) is 0 Å². The lowest BCUT2D eigenvalue weighted by molar-refractivity contribution is -0.211. The maximum atomic E-state index is 13.8. The molecule has 2 aliphatic heterocycles. The van der Waals surface area contributed by atoms with Crippen molar-refractivity contribution in [2.24, 2.45) is 0 Å². The number of aliphatic hydroxyl groups is 1. The average Bonchev–Trinajstić information content (AvgIpc) is 3.20. The summed E-state index contributed by atoms with van der Waals surface area (Å²) < 4.78 is 43.5. The summed E-state index contributed by atoms with van der Waals surface area (Å²) in [6.07, 6.45) is -1.34. The van der Waals surface area contributed by atoms with Gasteiger partial charge in [-0.3, -0.25) is 13.9 Å². The van der Waals surface area contributed by atoms with Gasteiger partial charge in [-0.1, -0.05) is 18.2 Å². The van der Waals surface area contributed by atoms with Gasteiger partial charge in [0.05, 0.1) is 19.3 Å². The van der Waals surface area contributed by atoms with Crippen molar-refractivity contribution >= 4 is 19.5 Å². The number of carbonyl (C=O) groups is 1. The summed E-state index contributed by atoms with van der Waals surface area (Å²) in [6, 6.07) is 8.61. The van der Waals surface area contributed by atoms with E-state index in [-0.39, 0.29) is 24.3 Å². The van der Waals surface area contributed by atoms with Gasteiger partial charge in [-0.05, 0) is 45.9 Å². The van der Waals surface area contributed by atoms with Crippen LogP contribution in [-0.4, -0.2) is 63.3 Å². The van der Waals surface area contributed by atoms with E-state index < -0.39 is 55.6 Å². The minimum Gasteiger partial charge on any atom is -0.462 e.